The molecule has 0 saturated heterocycles. The van der Waals surface area contributed by atoms with Crippen molar-refractivity contribution in [3.8, 4) is 22.4 Å². The van der Waals surface area contributed by atoms with Gasteiger partial charge in [-0.1, -0.05) is 40.2 Å². The summed E-state index contributed by atoms with van der Waals surface area (Å²) >= 11 is 3.56. The summed E-state index contributed by atoms with van der Waals surface area (Å²) in [6, 6.07) is 12.3. The van der Waals surface area contributed by atoms with Gasteiger partial charge in [-0.2, -0.15) is 5.10 Å². The fourth-order valence-corrected chi connectivity index (χ4v) is 2.97. The van der Waals surface area contributed by atoms with Gasteiger partial charge in [-0.05, 0) is 36.2 Å². The summed E-state index contributed by atoms with van der Waals surface area (Å²) in [5.41, 5.74) is 10.5. The molecule has 0 bridgehead atoms. The minimum Gasteiger partial charge on any atom is -0.382 e. The normalized spacial score (nSPS) is 10.8. The SMILES string of the molecule is Cc1ccc(-c2[nH]nc(N)c2-c2ccc(F)cc2)c(Br)c1. The van der Waals surface area contributed by atoms with Crippen molar-refractivity contribution in [3.63, 3.8) is 0 Å². The van der Waals surface area contributed by atoms with E-state index >= 15 is 0 Å². The second-order valence-corrected chi connectivity index (χ2v) is 5.70. The Kier molecular flexibility index (Phi) is 3.51. The van der Waals surface area contributed by atoms with Crippen LogP contribution in [0.5, 0.6) is 0 Å². The van der Waals surface area contributed by atoms with E-state index in [9.17, 15) is 4.39 Å². The van der Waals surface area contributed by atoms with Gasteiger partial charge in [0.25, 0.3) is 0 Å². The Balaban J connectivity index is 2.19. The molecule has 0 atom stereocenters. The molecule has 0 aliphatic heterocycles. The van der Waals surface area contributed by atoms with Crippen molar-refractivity contribution in [2.24, 2.45) is 0 Å². The topological polar surface area (TPSA) is 54.7 Å². The highest BCUT2D eigenvalue weighted by Gasteiger charge is 2.16. The third-order valence-corrected chi connectivity index (χ3v) is 3.98. The number of benzene rings is 2. The third kappa shape index (κ3) is 2.56. The summed E-state index contributed by atoms with van der Waals surface area (Å²) in [6.45, 7) is 2.02. The molecule has 3 nitrogen and oxygen atoms in total. The van der Waals surface area contributed by atoms with Crippen LogP contribution in [0.25, 0.3) is 22.4 Å². The lowest BCUT2D eigenvalue weighted by Gasteiger charge is -2.07. The Morgan fingerprint density at radius 2 is 1.86 bits per heavy atom. The number of nitrogens with one attached hydrogen (secondary N) is 1. The molecule has 0 spiro atoms. The molecule has 1 aromatic heterocycles. The van der Waals surface area contributed by atoms with E-state index in [1.165, 1.54) is 12.1 Å². The van der Waals surface area contributed by atoms with Gasteiger partial charge in [0.15, 0.2) is 5.82 Å². The second kappa shape index (κ2) is 5.33. The van der Waals surface area contributed by atoms with Gasteiger partial charge in [0.1, 0.15) is 5.82 Å². The summed E-state index contributed by atoms with van der Waals surface area (Å²) in [5.74, 6) is 0.114. The highest BCUT2D eigenvalue weighted by molar-refractivity contribution is 9.10. The summed E-state index contributed by atoms with van der Waals surface area (Å²) in [7, 11) is 0. The molecular formula is C16H13BrFN3. The molecule has 5 heteroatoms. The Labute approximate surface area is 130 Å². The predicted octanol–water partition coefficient (Wildman–Crippen LogP) is 4.54. The van der Waals surface area contributed by atoms with Crippen LogP contribution in [0.2, 0.25) is 0 Å². The van der Waals surface area contributed by atoms with Crippen LogP contribution in [0.15, 0.2) is 46.9 Å². The molecule has 0 radical (unpaired) electrons. The Morgan fingerprint density at radius 3 is 2.52 bits per heavy atom. The molecule has 0 saturated carbocycles. The zero-order valence-electron chi connectivity index (χ0n) is 11.3. The molecule has 0 unspecified atom stereocenters. The van der Waals surface area contributed by atoms with Crippen LogP contribution in [0.1, 0.15) is 5.56 Å². The number of hydrogen-bond acceptors (Lipinski definition) is 2. The molecule has 0 aliphatic rings. The van der Waals surface area contributed by atoms with E-state index in [1.54, 1.807) is 12.1 Å². The highest BCUT2D eigenvalue weighted by Crippen LogP contribution is 2.38. The van der Waals surface area contributed by atoms with Crippen LogP contribution in [0.4, 0.5) is 10.2 Å². The zero-order chi connectivity index (χ0) is 15.0. The lowest BCUT2D eigenvalue weighted by molar-refractivity contribution is 0.628. The molecule has 21 heavy (non-hydrogen) atoms. The number of aromatic nitrogens is 2. The van der Waals surface area contributed by atoms with Gasteiger partial charge in [0.2, 0.25) is 0 Å². The van der Waals surface area contributed by atoms with Crippen LogP contribution in [-0.4, -0.2) is 10.2 Å². The fourth-order valence-electron chi connectivity index (χ4n) is 2.28. The van der Waals surface area contributed by atoms with Gasteiger partial charge in [-0.25, -0.2) is 4.39 Å². The number of nitrogens with two attached hydrogens (primary N) is 1. The van der Waals surface area contributed by atoms with Crippen molar-refractivity contribution in [2.45, 2.75) is 6.92 Å². The Bertz CT molecular complexity index is 794. The third-order valence-electron chi connectivity index (χ3n) is 3.32. The summed E-state index contributed by atoms with van der Waals surface area (Å²) in [4.78, 5) is 0. The van der Waals surface area contributed by atoms with Gasteiger partial charge >= 0.3 is 0 Å². The van der Waals surface area contributed by atoms with E-state index in [0.717, 1.165) is 32.4 Å². The zero-order valence-corrected chi connectivity index (χ0v) is 12.9. The number of rotatable bonds is 2. The average molecular weight is 346 g/mol. The molecule has 3 aromatic rings. The molecule has 1 heterocycles. The lowest BCUT2D eigenvalue weighted by atomic mass is 10.00. The number of aromatic amines is 1. The van der Waals surface area contributed by atoms with E-state index in [4.69, 9.17) is 5.73 Å². The summed E-state index contributed by atoms with van der Waals surface area (Å²) in [5, 5.41) is 7.06. The van der Waals surface area contributed by atoms with E-state index in [2.05, 4.69) is 26.1 Å². The maximum atomic E-state index is 13.1. The van der Waals surface area contributed by atoms with Gasteiger partial charge in [-0.15, -0.1) is 0 Å². The summed E-state index contributed by atoms with van der Waals surface area (Å²) in [6.07, 6.45) is 0. The van der Waals surface area contributed by atoms with Crippen molar-refractivity contribution in [3.05, 3.63) is 58.3 Å². The highest BCUT2D eigenvalue weighted by atomic mass is 79.9. The van der Waals surface area contributed by atoms with Crippen LogP contribution >= 0.6 is 15.9 Å². The van der Waals surface area contributed by atoms with E-state index < -0.39 is 0 Å². The van der Waals surface area contributed by atoms with E-state index in [0.29, 0.717) is 5.82 Å². The van der Waals surface area contributed by atoms with Crippen LogP contribution in [0, 0.1) is 12.7 Å². The number of anilines is 1. The molecule has 0 aliphatic carbocycles. The first-order valence-corrected chi connectivity index (χ1v) is 7.22. The molecule has 3 rings (SSSR count). The van der Waals surface area contributed by atoms with Crippen molar-refractivity contribution >= 4 is 21.7 Å². The average Bonchev–Trinajstić information content (AvgIpc) is 2.82. The largest absolute Gasteiger partial charge is 0.382 e. The minimum atomic E-state index is -0.279. The Morgan fingerprint density at radius 1 is 1.14 bits per heavy atom. The summed E-state index contributed by atoms with van der Waals surface area (Å²) < 4.78 is 14.1. The number of nitrogen functional groups attached to an aromatic ring is 1. The fraction of sp³-hybridized carbons (Fsp3) is 0.0625. The van der Waals surface area contributed by atoms with Crippen LogP contribution in [-0.2, 0) is 0 Å². The number of H-pyrrole nitrogens is 1. The molecule has 0 amide bonds. The second-order valence-electron chi connectivity index (χ2n) is 4.85. The molecular weight excluding hydrogens is 333 g/mol. The smallest absolute Gasteiger partial charge is 0.153 e. The van der Waals surface area contributed by atoms with Gasteiger partial charge in [0, 0.05) is 10.0 Å². The lowest BCUT2D eigenvalue weighted by Crippen LogP contribution is -1.90. The van der Waals surface area contributed by atoms with Crippen molar-refractivity contribution in [2.75, 3.05) is 5.73 Å². The maximum Gasteiger partial charge on any atom is 0.153 e. The predicted molar refractivity (Wildman–Crippen MR) is 86.3 cm³/mol. The maximum absolute atomic E-state index is 13.1. The standard InChI is InChI=1S/C16H13BrFN3/c1-9-2-7-12(13(17)8-9)15-14(16(19)21-20-15)10-3-5-11(18)6-4-10/h2-8H,1H3,(H3,19,20,21). The number of halogens is 2. The Hall–Kier alpha value is -2.14. The van der Waals surface area contributed by atoms with Gasteiger partial charge < -0.3 is 5.73 Å². The van der Waals surface area contributed by atoms with Gasteiger partial charge in [-0.3, -0.25) is 5.10 Å². The quantitative estimate of drug-likeness (QED) is 0.716. The minimum absolute atomic E-state index is 0.279. The molecule has 106 valence electrons. The molecule has 0 fully saturated rings. The van der Waals surface area contributed by atoms with Gasteiger partial charge in [0.05, 0.1) is 11.3 Å². The van der Waals surface area contributed by atoms with Crippen molar-refractivity contribution < 1.29 is 4.39 Å². The number of hydrogen-bond donors (Lipinski definition) is 2. The molecule has 3 N–H and O–H groups in total. The van der Waals surface area contributed by atoms with E-state index in [-0.39, 0.29) is 5.82 Å². The first-order valence-electron chi connectivity index (χ1n) is 6.42. The monoisotopic (exact) mass is 345 g/mol. The van der Waals surface area contributed by atoms with Crippen molar-refractivity contribution in [1.29, 1.82) is 0 Å². The number of nitrogens with zero attached hydrogens (tertiary/aromatic N) is 1. The van der Waals surface area contributed by atoms with E-state index in [1.807, 2.05) is 25.1 Å². The first kappa shape index (κ1) is 13.8. The number of aryl methyl sites for hydroxylation is 1. The molecule has 2 aromatic carbocycles. The van der Waals surface area contributed by atoms with Crippen molar-refractivity contribution in [1.82, 2.24) is 10.2 Å². The first-order chi connectivity index (χ1) is 10.1. The van der Waals surface area contributed by atoms with Crippen LogP contribution < -0.4 is 5.73 Å². The van der Waals surface area contributed by atoms with Crippen LogP contribution in [0.3, 0.4) is 0 Å².